The van der Waals surface area contributed by atoms with Crippen molar-refractivity contribution in [1.82, 2.24) is 10.4 Å². The number of amides is 2. The molecule has 1 aliphatic rings. The Balaban J connectivity index is 1.90. The van der Waals surface area contributed by atoms with Crippen LogP contribution in [0.25, 0.3) is 0 Å². The molecule has 1 aromatic carbocycles. The van der Waals surface area contributed by atoms with Crippen molar-refractivity contribution in [2.45, 2.75) is 25.3 Å². The van der Waals surface area contributed by atoms with Gasteiger partial charge in [-0.1, -0.05) is 17.7 Å². The molecule has 2 amide bonds. The summed E-state index contributed by atoms with van der Waals surface area (Å²) in [7, 11) is 0. The highest BCUT2D eigenvalue weighted by atomic mass is 32.2. The van der Waals surface area contributed by atoms with Crippen molar-refractivity contribution in [3.63, 3.8) is 0 Å². The van der Waals surface area contributed by atoms with Crippen LogP contribution in [0.3, 0.4) is 0 Å². The minimum Gasteiger partial charge on any atom is -0.472 e. The molecular weight excluding hydrogens is 340 g/mol. The molecule has 1 N–H and O–H groups in total. The lowest BCUT2D eigenvalue weighted by Gasteiger charge is -2.28. The van der Waals surface area contributed by atoms with E-state index in [9.17, 15) is 9.59 Å². The zero-order valence-corrected chi connectivity index (χ0v) is 14.9. The summed E-state index contributed by atoms with van der Waals surface area (Å²) in [6, 6.07) is 8.55. The van der Waals surface area contributed by atoms with E-state index in [4.69, 9.17) is 9.25 Å². The van der Waals surface area contributed by atoms with Crippen molar-refractivity contribution < 1.29 is 18.8 Å². The van der Waals surface area contributed by atoms with Crippen LogP contribution in [0.15, 0.2) is 47.3 Å². The van der Waals surface area contributed by atoms with Crippen molar-refractivity contribution in [3.8, 4) is 0 Å². The molecule has 2 atom stereocenters. The molecule has 0 aliphatic carbocycles. The molecule has 2 heterocycles. The number of nitrogens with zero attached hydrogens (tertiary/aromatic N) is 1. The topological polar surface area (TPSA) is 71.8 Å². The van der Waals surface area contributed by atoms with Gasteiger partial charge in [-0.25, -0.2) is 5.48 Å². The maximum atomic E-state index is 13.1. The average Bonchev–Trinajstić information content (AvgIpc) is 3.28. The zero-order valence-electron chi connectivity index (χ0n) is 14.1. The second kappa shape index (κ2) is 7.76. The van der Waals surface area contributed by atoms with E-state index in [2.05, 4.69) is 5.48 Å². The van der Waals surface area contributed by atoms with Crippen LogP contribution in [0.2, 0.25) is 0 Å². The van der Waals surface area contributed by atoms with Gasteiger partial charge in [0.2, 0.25) is 0 Å². The van der Waals surface area contributed by atoms with Gasteiger partial charge < -0.3 is 9.32 Å². The number of hydrogen-bond acceptors (Lipinski definition) is 5. The highest BCUT2D eigenvalue weighted by Crippen LogP contribution is 2.42. The van der Waals surface area contributed by atoms with Gasteiger partial charge in [0, 0.05) is 16.9 Å². The van der Waals surface area contributed by atoms with E-state index in [-0.39, 0.29) is 17.2 Å². The number of nitrogens with one attached hydrogen (secondary N) is 1. The highest BCUT2D eigenvalue weighted by Gasteiger charge is 2.43. The van der Waals surface area contributed by atoms with Crippen molar-refractivity contribution >= 4 is 23.6 Å². The number of hydrogen-bond donors (Lipinski definition) is 1. The van der Waals surface area contributed by atoms with Crippen LogP contribution in [-0.2, 0) is 9.63 Å². The van der Waals surface area contributed by atoms with Gasteiger partial charge in [0.1, 0.15) is 11.4 Å². The zero-order chi connectivity index (χ0) is 17.8. The molecule has 1 saturated heterocycles. The molecular formula is C18H20N2O4S. The average molecular weight is 360 g/mol. The molecule has 0 spiro atoms. The second-order valence-electron chi connectivity index (χ2n) is 5.74. The van der Waals surface area contributed by atoms with Crippen LogP contribution >= 0.6 is 11.8 Å². The number of furan rings is 1. The van der Waals surface area contributed by atoms with E-state index in [0.29, 0.717) is 17.9 Å². The van der Waals surface area contributed by atoms with E-state index >= 15 is 0 Å². The van der Waals surface area contributed by atoms with Crippen molar-refractivity contribution in [2.24, 2.45) is 0 Å². The Hall–Kier alpha value is -2.25. The largest absolute Gasteiger partial charge is 0.472 e. The van der Waals surface area contributed by atoms with Gasteiger partial charge >= 0.3 is 0 Å². The standard InChI is InChI=1S/C18H20N2O4S/c1-3-24-19-16(21)15-11-25-18(14-8-9-23-10-14)20(15)17(22)13-6-4-12(2)5-7-13/h4-10,15,18H,3,11H2,1-2H3,(H,19,21). The van der Waals surface area contributed by atoms with E-state index in [0.717, 1.165) is 11.1 Å². The lowest BCUT2D eigenvalue weighted by molar-refractivity contribution is -0.137. The fourth-order valence-corrected chi connectivity index (χ4v) is 4.09. The Morgan fingerprint density at radius 1 is 1.32 bits per heavy atom. The summed E-state index contributed by atoms with van der Waals surface area (Å²) in [6.45, 7) is 4.11. The summed E-state index contributed by atoms with van der Waals surface area (Å²) in [5.74, 6) is -0.0135. The Morgan fingerprint density at radius 2 is 2.08 bits per heavy atom. The molecule has 7 heteroatoms. The SMILES string of the molecule is CCONC(=O)C1CSC(c2ccoc2)N1C(=O)c1ccc(C)cc1. The normalized spacial score (nSPS) is 19.8. The fraction of sp³-hybridized carbons (Fsp3) is 0.333. The van der Waals surface area contributed by atoms with E-state index in [1.165, 1.54) is 11.8 Å². The van der Waals surface area contributed by atoms with Gasteiger partial charge in [-0.2, -0.15) is 0 Å². The second-order valence-corrected chi connectivity index (χ2v) is 6.85. The number of benzene rings is 1. The first-order valence-corrected chi connectivity index (χ1v) is 9.11. The summed E-state index contributed by atoms with van der Waals surface area (Å²) in [4.78, 5) is 32.2. The maximum absolute atomic E-state index is 13.1. The first kappa shape index (κ1) is 17.6. The first-order chi connectivity index (χ1) is 12.1. The Morgan fingerprint density at radius 3 is 2.72 bits per heavy atom. The van der Waals surface area contributed by atoms with Gasteiger partial charge in [0.05, 0.1) is 19.1 Å². The smallest absolute Gasteiger partial charge is 0.267 e. The molecule has 0 bridgehead atoms. The number of rotatable bonds is 5. The number of carbonyl (C=O) groups is 2. The monoisotopic (exact) mass is 360 g/mol. The fourth-order valence-electron chi connectivity index (χ4n) is 2.69. The summed E-state index contributed by atoms with van der Waals surface area (Å²) in [5, 5.41) is -0.273. The van der Waals surface area contributed by atoms with E-state index in [1.54, 1.807) is 36.5 Å². The predicted octanol–water partition coefficient (Wildman–Crippen LogP) is 2.91. The molecule has 0 saturated carbocycles. The molecule has 1 fully saturated rings. The maximum Gasteiger partial charge on any atom is 0.267 e. The lowest BCUT2D eigenvalue weighted by atomic mass is 10.1. The third-order valence-corrected chi connectivity index (χ3v) is 5.30. The van der Waals surface area contributed by atoms with Crippen LogP contribution in [0.1, 0.15) is 33.8 Å². The van der Waals surface area contributed by atoms with Gasteiger partial charge in [0.25, 0.3) is 11.8 Å². The van der Waals surface area contributed by atoms with Gasteiger partial charge in [0.15, 0.2) is 0 Å². The third-order valence-electron chi connectivity index (χ3n) is 3.98. The highest BCUT2D eigenvalue weighted by molar-refractivity contribution is 7.99. The molecule has 3 rings (SSSR count). The summed E-state index contributed by atoms with van der Waals surface area (Å²) < 4.78 is 5.16. The Labute approximate surface area is 150 Å². The van der Waals surface area contributed by atoms with Crippen molar-refractivity contribution in [2.75, 3.05) is 12.4 Å². The van der Waals surface area contributed by atoms with Gasteiger partial charge in [-0.15, -0.1) is 11.8 Å². The van der Waals surface area contributed by atoms with Crippen LogP contribution in [0.4, 0.5) is 0 Å². The van der Waals surface area contributed by atoms with Crippen LogP contribution in [0.5, 0.6) is 0 Å². The van der Waals surface area contributed by atoms with Crippen LogP contribution in [0, 0.1) is 6.92 Å². The van der Waals surface area contributed by atoms with E-state index in [1.807, 2.05) is 25.1 Å². The summed E-state index contributed by atoms with van der Waals surface area (Å²) in [5.41, 5.74) is 4.90. The van der Waals surface area contributed by atoms with Gasteiger partial charge in [-0.05, 0) is 32.0 Å². The van der Waals surface area contributed by atoms with E-state index < -0.39 is 6.04 Å². The minimum atomic E-state index is -0.606. The number of aryl methyl sites for hydroxylation is 1. The lowest BCUT2D eigenvalue weighted by Crippen LogP contribution is -2.47. The molecule has 1 aliphatic heterocycles. The third kappa shape index (κ3) is 3.72. The van der Waals surface area contributed by atoms with Crippen LogP contribution < -0.4 is 5.48 Å². The predicted molar refractivity (Wildman–Crippen MR) is 94.8 cm³/mol. The molecule has 2 aromatic rings. The summed E-state index contributed by atoms with van der Waals surface area (Å²) in [6.07, 6.45) is 3.17. The molecule has 2 unspecified atom stereocenters. The number of hydroxylamine groups is 1. The molecule has 6 nitrogen and oxygen atoms in total. The summed E-state index contributed by atoms with van der Waals surface area (Å²) >= 11 is 1.53. The van der Waals surface area contributed by atoms with Crippen LogP contribution in [-0.4, -0.2) is 35.1 Å². The molecule has 1 aromatic heterocycles. The molecule has 25 heavy (non-hydrogen) atoms. The minimum absolute atomic E-state index is 0.187. The Kier molecular flexibility index (Phi) is 5.45. The number of carbonyl (C=O) groups excluding carboxylic acids is 2. The quantitative estimate of drug-likeness (QED) is 0.830. The Bertz CT molecular complexity index is 730. The molecule has 132 valence electrons. The molecule has 0 radical (unpaired) electrons. The van der Waals surface area contributed by atoms with Gasteiger partial charge in [-0.3, -0.25) is 14.4 Å². The van der Waals surface area contributed by atoms with Crippen molar-refractivity contribution in [1.29, 1.82) is 0 Å². The first-order valence-electron chi connectivity index (χ1n) is 8.06. The number of thioether (sulfide) groups is 1. The van der Waals surface area contributed by atoms with Crippen molar-refractivity contribution in [3.05, 3.63) is 59.5 Å².